The Morgan fingerprint density at radius 1 is 1.24 bits per heavy atom. The lowest BCUT2D eigenvalue weighted by Gasteiger charge is -2.29. The lowest BCUT2D eigenvalue weighted by Crippen LogP contribution is -2.41. The number of hydrogen-bond acceptors (Lipinski definition) is 1. The highest BCUT2D eigenvalue weighted by molar-refractivity contribution is 5.30. The van der Waals surface area contributed by atoms with E-state index in [1.807, 2.05) is 0 Å². The van der Waals surface area contributed by atoms with Crippen molar-refractivity contribution in [2.24, 2.45) is 0 Å². The second kappa shape index (κ2) is 6.20. The Bertz CT molecular complexity index is 345. The number of hydrogen-bond donors (Lipinski definition) is 1. The van der Waals surface area contributed by atoms with E-state index in [1.54, 1.807) is 11.1 Å². The smallest absolute Gasteiger partial charge is 0.0113 e. The van der Waals surface area contributed by atoms with E-state index in [-0.39, 0.29) is 0 Å². The number of nitrogens with one attached hydrogen (secondary N) is 1. The van der Waals surface area contributed by atoms with Crippen LogP contribution < -0.4 is 5.32 Å². The van der Waals surface area contributed by atoms with Crippen molar-refractivity contribution >= 4 is 0 Å². The Balaban J connectivity index is 1.93. The number of aryl methyl sites for hydroxylation is 1. The lowest BCUT2D eigenvalue weighted by molar-refractivity contribution is 0.369. The largest absolute Gasteiger partial charge is 0.311 e. The molecule has 94 valence electrons. The highest BCUT2D eigenvalue weighted by atomic mass is 14.9. The summed E-state index contributed by atoms with van der Waals surface area (Å²) < 4.78 is 0. The van der Waals surface area contributed by atoms with E-state index in [0.29, 0.717) is 6.04 Å². The van der Waals surface area contributed by atoms with Crippen LogP contribution in [0.15, 0.2) is 24.3 Å². The predicted octanol–water partition coefficient (Wildman–Crippen LogP) is 3.71. The van der Waals surface area contributed by atoms with Crippen LogP contribution >= 0.6 is 0 Å². The Hall–Kier alpha value is -0.820. The fraction of sp³-hybridized carbons (Fsp3) is 0.625. The van der Waals surface area contributed by atoms with E-state index in [1.165, 1.54) is 38.5 Å². The molecule has 1 heteroatoms. The Morgan fingerprint density at radius 2 is 2.00 bits per heavy atom. The molecule has 17 heavy (non-hydrogen) atoms. The SMILES string of the molecule is CCCC(CC)NC1CCc2ccccc2C1. The molecule has 1 aliphatic rings. The van der Waals surface area contributed by atoms with Gasteiger partial charge in [-0.25, -0.2) is 0 Å². The molecular formula is C16H25N. The van der Waals surface area contributed by atoms with E-state index >= 15 is 0 Å². The van der Waals surface area contributed by atoms with Gasteiger partial charge in [-0.2, -0.15) is 0 Å². The minimum Gasteiger partial charge on any atom is -0.311 e. The molecule has 0 radical (unpaired) electrons. The zero-order valence-electron chi connectivity index (χ0n) is 11.2. The molecule has 0 bridgehead atoms. The third-order valence-electron chi connectivity index (χ3n) is 3.95. The molecule has 0 fully saturated rings. The maximum atomic E-state index is 3.85. The first-order valence-corrected chi connectivity index (χ1v) is 7.16. The van der Waals surface area contributed by atoms with Crippen molar-refractivity contribution < 1.29 is 0 Å². The second-order valence-electron chi connectivity index (χ2n) is 5.27. The molecule has 0 aromatic heterocycles. The summed E-state index contributed by atoms with van der Waals surface area (Å²) in [5, 5.41) is 3.85. The van der Waals surface area contributed by atoms with E-state index in [4.69, 9.17) is 0 Å². The minimum atomic E-state index is 0.696. The summed E-state index contributed by atoms with van der Waals surface area (Å²) in [6.45, 7) is 4.57. The molecule has 1 aliphatic carbocycles. The van der Waals surface area contributed by atoms with Crippen molar-refractivity contribution in [2.45, 2.75) is 64.5 Å². The van der Waals surface area contributed by atoms with Gasteiger partial charge in [-0.3, -0.25) is 0 Å². The molecule has 2 rings (SSSR count). The first-order valence-electron chi connectivity index (χ1n) is 7.16. The maximum absolute atomic E-state index is 3.85. The number of benzene rings is 1. The van der Waals surface area contributed by atoms with Gasteiger partial charge in [-0.05, 0) is 43.2 Å². The van der Waals surface area contributed by atoms with E-state index in [9.17, 15) is 0 Å². The fourth-order valence-electron chi connectivity index (χ4n) is 2.93. The van der Waals surface area contributed by atoms with Gasteiger partial charge in [-0.1, -0.05) is 44.5 Å². The molecule has 0 aliphatic heterocycles. The van der Waals surface area contributed by atoms with Crippen molar-refractivity contribution in [3.8, 4) is 0 Å². The second-order valence-corrected chi connectivity index (χ2v) is 5.27. The van der Waals surface area contributed by atoms with Crippen LogP contribution in [0.1, 0.15) is 50.7 Å². The minimum absolute atomic E-state index is 0.696. The van der Waals surface area contributed by atoms with Crippen LogP contribution in [0, 0.1) is 0 Å². The normalized spacial score (nSPS) is 20.9. The first kappa shape index (κ1) is 12.6. The molecule has 0 heterocycles. The Labute approximate surface area is 106 Å². The van der Waals surface area contributed by atoms with Crippen LogP contribution in [0.25, 0.3) is 0 Å². The fourth-order valence-corrected chi connectivity index (χ4v) is 2.93. The van der Waals surface area contributed by atoms with Crippen molar-refractivity contribution in [3.05, 3.63) is 35.4 Å². The molecular weight excluding hydrogens is 206 g/mol. The van der Waals surface area contributed by atoms with Gasteiger partial charge in [0.2, 0.25) is 0 Å². The summed E-state index contributed by atoms with van der Waals surface area (Å²) in [4.78, 5) is 0. The predicted molar refractivity (Wildman–Crippen MR) is 74.4 cm³/mol. The first-order chi connectivity index (χ1) is 8.33. The average Bonchev–Trinajstić information content (AvgIpc) is 2.38. The van der Waals surface area contributed by atoms with Gasteiger partial charge in [0.1, 0.15) is 0 Å². The average molecular weight is 231 g/mol. The van der Waals surface area contributed by atoms with Crippen LogP contribution in [0.2, 0.25) is 0 Å². The molecule has 1 N–H and O–H groups in total. The van der Waals surface area contributed by atoms with E-state index in [0.717, 1.165) is 6.04 Å². The quantitative estimate of drug-likeness (QED) is 0.814. The topological polar surface area (TPSA) is 12.0 Å². The highest BCUT2D eigenvalue weighted by Gasteiger charge is 2.19. The molecule has 2 unspecified atom stereocenters. The Morgan fingerprint density at radius 3 is 2.71 bits per heavy atom. The lowest BCUT2D eigenvalue weighted by atomic mass is 9.87. The third kappa shape index (κ3) is 3.32. The summed E-state index contributed by atoms with van der Waals surface area (Å²) in [6, 6.07) is 10.3. The molecule has 1 nitrogen and oxygen atoms in total. The summed E-state index contributed by atoms with van der Waals surface area (Å²) in [5.74, 6) is 0. The highest BCUT2D eigenvalue weighted by Crippen LogP contribution is 2.21. The van der Waals surface area contributed by atoms with Gasteiger partial charge in [0, 0.05) is 12.1 Å². The third-order valence-corrected chi connectivity index (χ3v) is 3.95. The van der Waals surface area contributed by atoms with E-state index in [2.05, 4.69) is 43.4 Å². The van der Waals surface area contributed by atoms with E-state index < -0.39 is 0 Å². The standard InChI is InChI=1S/C16H25N/c1-3-7-15(4-2)17-16-11-10-13-8-5-6-9-14(13)12-16/h5-6,8-9,15-17H,3-4,7,10-12H2,1-2H3. The van der Waals surface area contributed by atoms with Gasteiger partial charge in [0.15, 0.2) is 0 Å². The summed E-state index contributed by atoms with van der Waals surface area (Å²) >= 11 is 0. The van der Waals surface area contributed by atoms with Crippen LogP contribution in [-0.2, 0) is 12.8 Å². The van der Waals surface area contributed by atoms with Crippen LogP contribution in [0.5, 0.6) is 0 Å². The zero-order valence-corrected chi connectivity index (χ0v) is 11.2. The molecule has 1 aromatic rings. The van der Waals surface area contributed by atoms with Crippen molar-refractivity contribution in [3.63, 3.8) is 0 Å². The van der Waals surface area contributed by atoms with Gasteiger partial charge in [0.25, 0.3) is 0 Å². The number of rotatable bonds is 5. The van der Waals surface area contributed by atoms with Gasteiger partial charge >= 0.3 is 0 Å². The summed E-state index contributed by atoms with van der Waals surface area (Å²) in [7, 11) is 0. The van der Waals surface area contributed by atoms with Crippen LogP contribution in [0.4, 0.5) is 0 Å². The van der Waals surface area contributed by atoms with Crippen LogP contribution in [-0.4, -0.2) is 12.1 Å². The maximum Gasteiger partial charge on any atom is 0.0113 e. The Kier molecular flexibility index (Phi) is 4.61. The monoisotopic (exact) mass is 231 g/mol. The van der Waals surface area contributed by atoms with Gasteiger partial charge in [0.05, 0.1) is 0 Å². The number of fused-ring (bicyclic) bond motifs is 1. The summed E-state index contributed by atoms with van der Waals surface area (Å²) in [6.07, 6.45) is 7.62. The van der Waals surface area contributed by atoms with Gasteiger partial charge < -0.3 is 5.32 Å². The molecule has 1 aromatic carbocycles. The van der Waals surface area contributed by atoms with Crippen molar-refractivity contribution in [2.75, 3.05) is 0 Å². The van der Waals surface area contributed by atoms with Crippen LogP contribution in [0.3, 0.4) is 0 Å². The van der Waals surface area contributed by atoms with Gasteiger partial charge in [-0.15, -0.1) is 0 Å². The zero-order chi connectivity index (χ0) is 12.1. The van der Waals surface area contributed by atoms with Crippen molar-refractivity contribution in [1.29, 1.82) is 0 Å². The van der Waals surface area contributed by atoms with Crippen molar-refractivity contribution in [1.82, 2.24) is 5.32 Å². The molecule has 0 amide bonds. The molecule has 0 spiro atoms. The molecule has 0 saturated carbocycles. The molecule has 2 atom stereocenters. The molecule has 0 saturated heterocycles. The summed E-state index contributed by atoms with van der Waals surface area (Å²) in [5.41, 5.74) is 3.12.